The zero-order valence-corrected chi connectivity index (χ0v) is 12.1. The second-order valence-electron chi connectivity index (χ2n) is 5.43. The molecule has 1 N–H and O–H groups in total. The van der Waals surface area contributed by atoms with Crippen molar-refractivity contribution in [3.63, 3.8) is 0 Å². The Kier molecular flexibility index (Phi) is 6.37. The fraction of sp³-hybridized carbons (Fsp3) is 0.800. The molecule has 1 aromatic heterocycles. The van der Waals surface area contributed by atoms with E-state index in [-0.39, 0.29) is 0 Å². The van der Waals surface area contributed by atoms with Crippen molar-refractivity contribution < 1.29 is 4.74 Å². The molecular formula is C15H27N3O. The summed E-state index contributed by atoms with van der Waals surface area (Å²) in [5.41, 5.74) is 1.25. The number of hydrogen-bond acceptors (Lipinski definition) is 3. The number of hydrogen-bond donors (Lipinski definition) is 1. The minimum absolute atomic E-state index is 0.671. The van der Waals surface area contributed by atoms with E-state index in [1.165, 1.54) is 44.2 Å². The summed E-state index contributed by atoms with van der Waals surface area (Å²) >= 11 is 0. The molecule has 0 saturated heterocycles. The zero-order chi connectivity index (χ0) is 13.3. The molecule has 0 bridgehead atoms. The standard InChI is InChI=1S/C15H27N3O/c1-19-13-11-16-10-5-4-6-14-9-12-18(17-14)15-7-2-3-8-15/h9,12,15-16H,2-8,10-11,13H2,1H3. The van der Waals surface area contributed by atoms with Crippen molar-refractivity contribution in [3.05, 3.63) is 18.0 Å². The van der Waals surface area contributed by atoms with Crippen LogP contribution in [0.5, 0.6) is 0 Å². The van der Waals surface area contributed by atoms with Gasteiger partial charge in [0.25, 0.3) is 0 Å². The maximum Gasteiger partial charge on any atom is 0.0624 e. The average Bonchev–Trinajstić information content (AvgIpc) is 3.08. The van der Waals surface area contributed by atoms with E-state index in [4.69, 9.17) is 9.84 Å². The number of nitrogens with one attached hydrogen (secondary N) is 1. The summed E-state index contributed by atoms with van der Waals surface area (Å²) in [5, 5.41) is 8.09. The molecule has 0 amide bonds. The van der Waals surface area contributed by atoms with Crippen LogP contribution in [-0.4, -0.2) is 36.6 Å². The normalized spacial score (nSPS) is 16.3. The molecule has 4 nitrogen and oxygen atoms in total. The highest BCUT2D eigenvalue weighted by molar-refractivity contribution is 5.00. The molecule has 1 saturated carbocycles. The minimum atomic E-state index is 0.671. The van der Waals surface area contributed by atoms with Crippen LogP contribution < -0.4 is 5.32 Å². The lowest BCUT2D eigenvalue weighted by Gasteiger charge is -2.08. The van der Waals surface area contributed by atoms with Crippen LogP contribution in [0.4, 0.5) is 0 Å². The van der Waals surface area contributed by atoms with Gasteiger partial charge in [0.05, 0.1) is 18.3 Å². The highest BCUT2D eigenvalue weighted by Crippen LogP contribution is 2.28. The van der Waals surface area contributed by atoms with Gasteiger partial charge in [-0.15, -0.1) is 0 Å². The van der Waals surface area contributed by atoms with Crippen LogP contribution in [0, 0.1) is 0 Å². The monoisotopic (exact) mass is 265 g/mol. The van der Waals surface area contributed by atoms with Gasteiger partial charge in [-0.05, 0) is 44.7 Å². The topological polar surface area (TPSA) is 39.1 Å². The average molecular weight is 265 g/mol. The number of rotatable bonds is 9. The van der Waals surface area contributed by atoms with Gasteiger partial charge in [-0.25, -0.2) is 0 Å². The summed E-state index contributed by atoms with van der Waals surface area (Å²) in [6, 6.07) is 2.86. The third kappa shape index (κ3) is 4.96. The van der Waals surface area contributed by atoms with E-state index < -0.39 is 0 Å². The van der Waals surface area contributed by atoms with Crippen LogP contribution in [0.1, 0.15) is 50.3 Å². The number of aryl methyl sites for hydroxylation is 1. The SMILES string of the molecule is COCCNCCCCc1ccn(C2CCCC2)n1. The van der Waals surface area contributed by atoms with Gasteiger partial charge in [0.15, 0.2) is 0 Å². The van der Waals surface area contributed by atoms with E-state index in [9.17, 15) is 0 Å². The smallest absolute Gasteiger partial charge is 0.0624 e. The van der Waals surface area contributed by atoms with Crippen LogP contribution >= 0.6 is 0 Å². The summed E-state index contributed by atoms with van der Waals surface area (Å²) in [6.07, 6.45) is 11.0. The highest BCUT2D eigenvalue weighted by Gasteiger charge is 2.17. The Balaban J connectivity index is 1.58. The van der Waals surface area contributed by atoms with Gasteiger partial charge in [-0.3, -0.25) is 4.68 Å². The van der Waals surface area contributed by atoms with Gasteiger partial charge in [0.1, 0.15) is 0 Å². The van der Waals surface area contributed by atoms with E-state index in [0.29, 0.717) is 6.04 Å². The molecule has 0 atom stereocenters. The molecule has 1 fully saturated rings. The Morgan fingerprint density at radius 1 is 1.32 bits per heavy atom. The molecule has 1 heterocycles. The Hall–Kier alpha value is -0.870. The van der Waals surface area contributed by atoms with Gasteiger partial charge in [0.2, 0.25) is 0 Å². The summed E-state index contributed by atoms with van der Waals surface area (Å²) < 4.78 is 7.19. The fourth-order valence-electron chi connectivity index (χ4n) is 2.74. The lowest BCUT2D eigenvalue weighted by molar-refractivity contribution is 0.199. The van der Waals surface area contributed by atoms with Crippen LogP contribution in [0.15, 0.2) is 12.3 Å². The quantitative estimate of drug-likeness (QED) is 0.697. The molecule has 1 aliphatic carbocycles. The van der Waals surface area contributed by atoms with Crippen LogP contribution in [0.25, 0.3) is 0 Å². The fourth-order valence-corrected chi connectivity index (χ4v) is 2.74. The van der Waals surface area contributed by atoms with Gasteiger partial charge in [-0.1, -0.05) is 12.8 Å². The molecule has 0 radical (unpaired) electrons. The van der Waals surface area contributed by atoms with Crippen molar-refractivity contribution in [2.45, 2.75) is 51.0 Å². The number of nitrogens with zero attached hydrogens (tertiary/aromatic N) is 2. The van der Waals surface area contributed by atoms with Gasteiger partial charge in [0, 0.05) is 19.9 Å². The molecule has 0 unspecified atom stereocenters. The Labute approximate surface area is 116 Å². The first-order valence-corrected chi connectivity index (χ1v) is 7.64. The minimum Gasteiger partial charge on any atom is -0.383 e. The largest absolute Gasteiger partial charge is 0.383 e. The number of methoxy groups -OCH3 is 1. The molecule has 0 aliphatic heterocycles. The Morgan fingerprint density at radius 3 is 2.95 bits per heavy atom. The second kappa shape index (κ2) is 8.33. The number of unbranched alkanes of at least 4 members (excludes halogenated alkanes) is 1. The Morgan fingerprint density at radius 2 is 2.16 bits per heavy atom. The van der Waals surface area contributed by atoms with Gasteiger partial charge in [-0.2, -0.15) is 5.10 Å². The predicted octanol–water partition coefficient (Wildman–Crippen LogP) is 2.56. The van der Waals surface area contributed by atoms with Gasteiger partial charge >= 0.3 is 0 Å². The zero-order valence-electron chi connectivity index (χ0n) is 12.1. The van der Waals surface area contributed by atoms with Crippen molar-refractivity contribution >= 4 is 0 Å². The molecule has 19 heavy (non-hydrogen) atoms. The van der Waals surface area contributed by atoms with Crippen molar-refractivity contribution in [2.24, 2.45) is 0 Å². The molecule has 2 rings (SSSR count). The van der Waals surface area contributed by atoms with E-state index in [2.05, 4.69) is 22.3 Å². The first-order chi connectivity index (χ1) is 9.40. The first-order valence-electron chi connectivity index (χ1n) is 7.64. The van der Waals surface area contributed by atoms with Gasteiger partial charge < -0.3 is 10.1 Å². The second-order valence-corrected chi connectivity index (χ2v) is 5.43. The van der Waals surface area contributed by atoms with Crippen molar-refractivity contribution in [1.82, 2.24) is 15.1 Å². The molecular weight excluding hydrogens is 238 g/mol. The maximum atomic E-state index is 4.99. The maximum absolute atomic E-state index is 4.99. The highest BCUT2D eigenvalue weighted by atomic mass is 16.5. The van der Waals surface area contributed by atoms with E-state index in [1.54, 1.807) is 7.11 Å². The van der Waals surface area contributed by atoms with Crippen LogP contribution in [0.3, 0.4) is 0 Å². The summed E-state index contributed by atoms with van der Waals surface area (Å²) in [5.74, 6) is 0. The van der Waals surface area contributed by atoms with E-state index in [0.717, 1.165) is 26.1 Å². The van der Waals surface area contributed by atoms with E-state index in [1.807, 2.05) is 0 Å². The van der Waals surface area contributed by atoms with E-state index >= 15 is 0 Å². The molecule has 4 heteroatoms. The first kappa shape index (κ1) is 14.5. The predicted molar refractivity (Wildman–Crippen MR) is 77.4 cm³/mol. The van der Waals surface area contributed by atoms with Crippen LogP contribution in [0.2, 0.25) is 0 Å². The summed E-state index contributed by atoms with van der Waals surface area (Å²) in [7, 11) is 1.74. The summed E-state index contributed by atoms with van der Waals surface area (Å²) in [4.78, 5) is 0. The van der Waals surface area contributed by atoms with Crippen LogP contribution in [-0.2, 0) is 11.2 Å². The van der Waals surface area contributed by atoms with Crippen molar-refractivity contribution in [2.75, 3.05) is 26.8 Å². The molecule has 0 spiro atoms. The molecule has 1 aliphatic rings. The Bertz CT molecular complexity index is 345. The molecule has 108 valence electrons. The lowest BCUT2D eigenvalue weighted by Crippen LogP contribution is -2.20. The third-order valence-corrected chi connectivity index (χ3v) is 3.88. The summed E-state index contributed by atoms with van der Waals surface area (Å²) in [6.45, 7) is 2.82. The molecule has 0 aromatic carbocycles. The third-order valence-electron chi connectivity index (χ3n) is 3.88. The van der Waals surface area contributed by atoms with Crippen molar-refractivity contribution in [3.8, 4) is 0 Å². The molecule has 1 aromatic rings. The van der Waals surface area contributed by atoms with Crippen molar-refractivity contribution in [1.29, 1.82) is 0 Å². The number of aromatic nitrogens is 2. The lowest BCUT2D eigenvalue weighted by atomic mass is 10.2. The number of ether oxygens (including phenoxy) is 1.